The molecule has 1 saturated carbocycles. The Morgan fingerprint density at radius 2 is 1.80 bits per heavy atom. The maximum absolute atomic E-state index is 14.1. The van der Waals surface area contributed by atoms with Crippen LogP contribution in [0.3, 0.4) is 0 Å². The fourth-order valence-corrected chi connectivity index (χ4v) is 3.58. The van der Waals surface area contributed by atoms with Crippen molar-refractivity contribution in [2.45, 2.75) is 51.0 Å². The maximum atomic E-state index is 14.1. The quantitative estimate of drug-likeness (QED) is 0.858. The third-order valence-electron chi connectivity index (χ3n) is 4.59. The smallest absolute Gasteiger partial charge is 0.130 e. The molecule has 1 fully saturated rings. The van der Waals surface area contributed by atoms with Gasteiger partial charge < -0.3 is 10.8 Å². The highest BCUT2D eigenvalue weighted by molar-refractivity contribution is 9.10. The second-order valence-electron chi connectivity index (χ2n) is 5.90. The average molecular weight is 344 g/mol. The summed E-state index contributed by atoms with van der Waals surface area (Å²) in [6.45, 7) is 0.406. The zero-order valence-electron chi connectivity index (χ0n) is 11.7. The Labute approximate surface area is 128 Å². The van der Waals surface area contributed by atoms with E-state index in [1.54, 1.807) is 12.1 Å². The molecule has 3 N–H and O–H groups in total. The van der Waals surface area contributed by atoms with Crippen LogP contribution in [0.2, 0.25) is 0 Å². The maximum Gasteiger partial charge on any atom is 0.130 e. The van der Waals surface area contributed by atoms with Crippen molar-refractivity contribution in [2.75, 3.05) is 6.54 Å². The average Bonchev–Trinajstić information content (AvgIpc) is 2.38. The summed E-state index contributed by atoms with van der Waals surface area (Å²) in [5.41, 5.74) is 5.98. The van der Waals surface area contributed by atoms with Gasteiger partial charge in [-0.3, -0.25) is 0 Å². The monoisotopic (exact) mass is 343 g/mol. The number of hydrogen-bond acceptors (Lipinski definition) is 2. The summed E-state index contributed by atoms with van der Waals surface area (Å²) in [5, 5.41) is 10.7. The molecule has 0 amide bonds. The molecule has 0 heterocycles. The van der Waals surface area contributed by atoms with Gasteiger partial charge in [0, 0.05) is 22.0 Å². The summed E-state index contributed by atoms with van der Waals surface area (Å²) in [6, 6.07) is 4.85. The first kappa shape index (κ1) is 15.9. The molecule has 0 aromatic heterocycles. The van der Waals surface area contributed by atoms with Crippen molar-refractivity contribution < 1.29 is 9.50 Å². The molecule has 1 aromatic rings. The Bertz CT molecular complexity index is 444. The molecule has 1 aliphatic rings. The topological polar surface area (TPSA) is 46.2 Å². The van der Waals surface area contributed by atoms with Crippen LogP contribution in [-0.2, 0) is 0 Å². The second kappa shape index (κ2) is 7.01. The summed E-state index contributed by atoms with van der Waals surface area (Å²) in [7, 11) is 0. The highest BCUT2D eigenvalue weighted by Gasteiger charge is 2.38. The van der Waals surface area contributed by atoms with Crippen molar-refractivity contribution in [3.8, 4) is 0 Å². The number of rotatable bonds is 3. The van der Waals surface area contributed by atoms with Crippen LogP contribution < -0.4 is 5.73 Å². The standard InChI is InChI=1S/C16H23BrFNO/c17-12-6-7-13(14(18)10-12)15(20)16(11-19)8-4-2-1-3-5-9-16/h6-7,10,15,20H,1-5,8-9,11,19H2. The van der Waals surface area contributed by atoms with E-state index in [0.29, 0.717) is 16.6 Å². The lowest BCUT2D eigenvalue weighted by Crippen LogP contribution is -2.38. The Kier molecular flexibility index (Phi) is 5.58. The number of halogens is 2. The van der Waals surface area contributed by atoms with E-state index in [4.69, 9.17) is 5.73 Å². The van der Waals surface area contributed by atoms with E-state index in [1.807, 2.05) is 0 Å². The molecule has 1 unspecified atom stereocenters. The Morgan fingerprint density at radius 1 is 1.20 bits per heavy atom. The van der Waals surface area contributed by atoms with Gasteiger partial charge in [-0.25, -0.2) is 4.39 Å². The first-order valence-electron chi connectivity index (χ1n) is 7.42. The third-order valence-corrected chi connectivity index (χ3v) is 5.09. The predicted octanol–water partition coefficient (Wildman–Crippen LogP) is 4.31. The van der Waals surface area contributed by atoms with Crippen LogP contribution in [0.1, 0.15) is 56.6 Å². The molecule has 2 rings (SSSR count). The van der Waals surface area contributed by atoms with Gasteiger partial charge in [0.15, 0.2) is 0 Å². The van der Waals surface area contributed by atoms with E-state index < -0.39 is 6.10 Å². The van der Waals surface area contributed by atoms with Gasteiger partial charge in [0.1, 0.15) is 5.82 Å². The van der Waals surface area contributed by atoms with Gasteiger partial charge in [-0.2, -0.15) is 0 Å². The fraction of sp³-hybridized carbons (Fsp3) is 0.625. The van der Waals surface area contributed by atoms with Crippen molar-refractivity contribution in [3.05, 3.63) is 34.1 Å². The number of hydrogen-bond donors (Lipinski definition) is 2. The van der Waals surface area contributed by atoms with Crippen LogP contribution >= 0.6 is 15.9 Å². The number of aliphatic hydroxyl groups excluding tert-OH is 1. The molecule has 1 aromatic carbocycles. The van der Waals surface area contributed by atoms with Crippen LogP contribution in [0.25, 0.3) is 0 Å². The van der Waals surface area contributed by atoms with Crippen LogP contribution in [-0.4, -0.2) is 11.7 Å². The van der Waals surface area contributed by atoms with Crippen molar-refractivity contribution >= 4 is 15.9 Å². The largest absolute Gasteiger partial charge is 0.388 e. The van der Waals surface area contributed by atoms with E-state index in [-0.39, 0.29) is 11.2 Å². The van der Waals surface area contributed by atoms with Gasteiger partial charge in [0.25, 0.3) is 0 Å². The highest BCUT2D eigenvalue weighted by atomic mass is 79.9. The summed E-state index contributed by atoms with van der Waals surface area (Å²) in [5.74, 6) is -0.359. The first-order chi connectivity index (χ1) is 9.59. The van der Waals surface area contributed by atoms with E-state index in [9.17, 15) is 9.50 Å². The molecule has 20 heavy (non-hydrogen) atoms. The lowest BCUT2D eigenvalue weighted by molar-refractivity contribution is 0.00613. The Morgan fingerprint density at radius 3 is 2.35 bits per heavy atom. The van der Waals surface area contributed by atoms with Crippen molar-refractivity contribution in [2.24, 2.45) is 11.1 Å². The second-order valence-corrected chi connectivity index (χ2v) is 6.82. The van der Waals surface area contributed by atoms with Gasteiger partial charge in [-0.15, -0.1) is 0 Å². The van der Waals surface area contributed by atoms with Gasteiger partial charge in [-0.05, 0) is 25.0 Å². The third kappa shape index (κ3) is 3.41. The lowest BCUT2D eigenvalue weighted by Gasteiger charge is -2.39. The molecular weight excluding hydrogens is 321 g/mol. The van der Waals surface area contributed by atoms with Crippen molar-refractivity contribution in [1.29, 1.82) is 0 Å². The van der Waals surface area contributed by atoms with Crippen LogP contribution in [0.4, 0.5) is 4.39 Å². The number of benzene rings is 1. The van der Waals surface area contributed by atoms with Gasteiger partial charge >= 0.3 is 0 Å². The van der Waals surface area contributed by atoms with Gasteiger partial charge in [0.2, 0.25) is 0 Å². The molecule has 0 saturated heterocycles. The van der Waals surface area contributed by atoms with Gasteiger partial charge in [-0.1, -0.05) is 54.1 Å². The van der Waals surface area contributed by atoms with Crippen LogP contribution in [0, 0.1) is 11.2 Å². The molecule has 4 heteroatoms. The molecule has 1 atom stereocenters. The summed E-state index contributed by atoms with van der Waals surface area (Å²) >= 11 is 3.25. The molecule has 0 radical (unpaired) electrons. The SMILES string of the molecule is NCC1(C(O)c2ccc(Br)cc2F)CCCCCCC1. The van der Waals surface area contributed by atoms with Crippen molar-refractivity contribution in [3.63, 3.8) is 0 Å². The van der Waals surface area contributed by atoms with E-state index in [0.717, 1.165) is 25.7 Å². The minimum atomic E-state index is -0.821. The van der Waals surface area contributed by atoms with Gasteiger partial charge in [0.05, 0.1) is 6.10 Å². The van der Waals surface area contributed by atoms with E-state index in [1.165, 1.54) is 25.3 Å². The van der Waals surface area contributed by atoms with E-state index in [2.05, 4.69) is 15.9 Å². The first-order valence-corrected chi connectivity index (χ1v) is 8.21. The number of nitrogens with two attached hydrogens (primary N) is 1. The molecule has 2 nitrogen and oxygen atoms in total. The normalized spacial score (nSPS) is 21.0. The zero-order chi connectivity index (χ0) is 14.6. The summed E-state index contributed by atoms with van der Waals surface area (Å²) < 4.78 is 14.8. The molecule has 0 spiro atoms. The van der Waals surface area contributed by atoms with Crippen LogP contribution in [0.15, 0.2) is 22.7 Å². The van der Waals surface area contributed by atoms with Crippen LogP contribution in [0.5, 0.6) is 0 Å². The minimum absolute atomic E-state index is 0.359. The Balaban J connectivity index is 2.28. The minimum Gasteiger partial charge on any atom is -0.388 e. The highest BCUT2D eigenvalue weighted by Crippen LogP contribution is 2.44. The zero-order valence-corrected chi connectivity index (χ0v) is 13.3. The predicted molar refractivity (Wildman–Crippen MR) is 82.9 cm³/mol. The van der Waals surface area contributed by atoms with E-state index >= 15 is 0 Å². The molecular formula is C16H23BrFNO. The van der Waals surface area contributed by atoms with Crippen molar-refractivity contribution in [1.82, 2.24) is 0 Å². The molecule has 0 bridgehead atoms. The Hall–Kier alpha value is -0.450. The lowest BCUT2D eigenvalue weighted by atomic mass is 9.70. The molecule has 112 valence electrons. The molecule has 1 aliphatic carbocycles. The summed E-state index contributed by atoms with van der Waals surface area (Å²) in [4.78, 5) is 0. The summed E-state index contributed by atoms with van der Waals surface area (Å²) in [6.07, 6.45) is 6.66. The molecule has 0 aliphatic heterocycles. The number of aliphatic hydroxyl groups is 1. The fourth-order valence-electron chi connectivity index (χ4n) is 3.25.